The average Bonchev–Trinajstić information content (AvgIpc) is 3.19. The number of ether oxygens (including phenoxy) is 4. The summed E-state index contributed by atoms with van der Waals surface area (Å²) >= 11 is 0. The number of hydrogen-bond acceptors (Lipinski definition) is 9. The van der Waals surface area contributed by atoms with Crippen LogP contribution in [0.1, 0.15) is 48.4 Å². The molecule has 0 unspecified atom stereocenters. The zero-order valence-electron chi connectivity index (χ0n) is 29.0. The second-order valence-electron chi connectivity index (χ2n) is 11.7. The highest BCUT2D eigenvalue weighted by molar-refractivity contribution is 5.75. The van der Waals surface area contributed by atoms with E-state index in [9.17, 15) is 24.3 Å². The zero-order valence-corrected chi connectivity index (χ0v) is 29.0. The summed E-state index contributed by atoms with van der Waals surface area (Å²) in [5, 5.41) is 12.5. The maximum absolute atomic E-state index is 13.6. The van der Waals surface area contributed by atoms with E-state index in [1.807, 2.05) is 31.2 Å². The van der Waals surface area contributed by atoms with Gasteiger partial charge in [-0.2, -0.15) is 0 Å². The molecule has 2 atom stereocenters. The van der Waals surface area contributed by atoms with Crippen molar-refractivity contribution < 1.29 is 43.2 Å². The van der Waals surface area contributed by atoms with Gasteiger partial charge in [-0.05, 0) is 35.1 Å². The molecule has 0 saturated carbocycles. The molecule has 4 aromatic carbocycles. The van der Waals surface area contributed by atoms with E-state index in [1.165, 1.54) is 0 Å². The number of carbonyl (C=O) groups is 4. The van der Waals surface area contributed by atoms with Gasteiger partial charge in [0.05, 0.1) is 18.7 Å². The van der Waals surface area contributed by atoms with Crippen LogP contribution < -0.4 is 10.9 Å². The van der Waals surface area contributed by atoms with Crippen LogP contribution in [0, 0.1) is 0 Å². The molecule has 4 amide bonds. The van der Waals surface area contributed by atoms with E-state index >= 15 is 0 Å². The van der Waals surface area contributed by atoms with Crippen LogP contribution in [-0.4, -0.2) is 58.2 Å². The zero-order chi connectivity index (χ0) is 37.0. The standard InChI is InChI=1S/C39H44N4O9/c1-2-15-34(42(38(47)51-28-32-20-11-5-12-21-32)40-36(45)49-26-30-16-7-3-8-17-30)24-35(25-44)43(39(48)52-29-33-22-13-6-14-23-33)41-37(46)50-27-31-18-9-4-10-19-31/h3-14,16-23,34-35,44H,2,15,24-29H2,1H3,(H,40,45)(H,41,46)/t34-,35+/m1/s1. The van der Waals surface area contributed by atoms with Gasteiger partial charge < -0.3 is 24.1 Å². The Morgan fingerprint density at radius 3 is 1.19 bits per heavy atom. The third-order valence-electron chi connectivity index (χ3n) is 7.76. The Morgan fingerprint density at radius 1 is 0.538 bits per heavy atom. The summed E-state index contributed by atoms with van der Waals surface area (Å²) < 4.78 is 21.9. The van der Waals surface area contributed by atoms with Crippen molar-refractivity contribution in [3.8, 4) is 0 Å². The number of aliphatic hydroxyl groups excluding tert-OH is 1. The molecule has 0 heterocycles. The molecule has 0 saturated heterocycles. The predicted octanol–water partition coefficient (Wildman–Crippen LogP) is 6.87. The van der Waals surface area contributed by atoms with Gasteiger partial charge in [0, 0.05) is 0 Å². The number of rotatable bonds is 15. The quantitative estimate of drug-likeness (QED) is 0.0885. The molecule has 0 aliphatic carbocycles. The fraction of sp³-hybridized carbons (Fsp3) is 0.282. The third kappa shape index (κ3) is 13.0. The summed E-state index contributed by atoms with van der Waals surface area (Å²) in [6.45, 7) is 0.843. The van der Waals surface area contributed by atoms with Crippen LogP contribution in [0.15, 0.2) is 121 Å². The largest absolute Gasteiger partial charge is 0.443 e. The van der Waals surface area contributed by atoms with E-state index < -0.39 is 43.1 Å². The van der Waals surface area contributed by atoms with Crippen molar-refractivity contribution >= 4 is 24.4 Å². The van der Waals surface area contributed by atoms with Crippen LogP contribution >= 0.6 is 0 Å². The molecule has 0 fully saturated rings. The predicted molar refractivity (Wildman–Crippen MR) is 191 cm³/mol. The van der Waals surface area contributed by atoms with Crippen molar-refractivity contribution in [1.82, 2.24) is 20.9 Å². The Kier molecular flexibility index (Phi) is 15.8. The van der Waals surface area contributed by atoms with Gasteiger partial charge in [-0.15, -0.1) is 0 Å². The highest BCUT2D eigenvalue weighted by Gasteiger charge is 2.35. The summed E-state index contributed by atoms with van der Waals surface area (Å²) in [7, 11) is 0. The Bertz CT molecular complexity index is 1660. The molecule has 4 aromatic rings. The van der Waals surface area contributed by atoms with Crippen molar-refractivity contribution in [3.63, 3.8) is 0 Å². The van der Waals surface area contributed by atoms with E-state index in [1.54, 1.807) is 97.1 Å². The average molecular weight is 713 g/mol. The van der Waals surface area contributed by atoms with Crippen LogP contribution in [0.3, 0.4) is 0 Å². The van der Waals surface area contributed by atoms with Gasteiger partial charge in [0.15, 0.2) is 0 Å². The van der Waals surface area contributed by atoms with Crippen LogP contribution in [0.4, 0.5) is 19.2 Å². The summed E-state index contributed by atoms with van der Waals surface area (Å²) in [4.78, 5) is 53.3. The fourth-order valence-electron chi connectivity index (χ4n) is 5.12. The molecule has 0 aromatic heterocycles. The number of hydrazine groups is 2. The lowest BCUT2D eigenvalue weighted by Crippen LogP contribution is -2.58. The number of carbonyl (C=O) groups excluding carboxylic acids is 4. The molecule has 0 bridgehead atoms. The van der Waals surface area contributed by atoms with Crippen molar-refractivity contribution in [2.45, 2.75) is 64.7 Å². The highest BCUT2D eigenvalue weighted by Crippen LogP contribution is 2.19. The van der Waals surface area contributed by atoms with E-state index in [2.05, 4.69) is 10.9 Å². The van der Waals surface area contributed by atoms with E-state index in [0.717, 1.165) is 15.6 Å². The smallest absolute Gasteiger partial charge is 0.429 e. The number of amides is 4. The first kappa shape index (κ1) is 38.7. The molecule has 4 rings (SSSR count). The van der Waals surface area contributed by atoms with Crippen molar-refractivity contribution in [1.29, 1.82) is 0 Å². The van der Waals surface area contributed by atoms with Crippen molar-refractivity contribution in [2.75, 3.05) is 6.61 Å². The number of aliphatic hydroxyl groups is 1. The lowest BCUT2D eigenvalue weighted by atomic mass is 10.0. The fourth-order valence-corrected chi connectivity index (χ4v) is 5.12. The van der Waals surface area contributed by atoms with Crippen LogP contribution in [0.25, 0.3) is 0 Å². The molecule has 274 valence electrons. The third-order valence-corrected chi connectivity index (χ3v) is 7.76. The normalized spacial score (nSPS) is 11.7. The second-order valence-corrected chi connectivity index (χ2v) is 11.7. The molecular weight excluding hydrogens is 668 g/mol. The summed E-state index contributed by atoms with van der Waals surface area (Å²) in [6.07, 6.45) is -3.11. The topological polar surface area (TPSA) is 156 Å². The molecule has 13 heteroatoms. The Balaban J connectivity index is 1.55. The molecule has 13 nitrogen and oxygen atoms in total. The number of hydrogen-bond donors (Lipinski definition) is 3. The molecule has 0 radical (unpaired) electrons. The van der Waals surface area contributed by atoms with Gasteiger partial charge in [0.1, 0.15) is 26.4 Å². The summed E-state index contributed by atoms with van der Waals surface area (Å²) in [5.41, 5.74) is 7.76. The number of nitrogens with zero attached hydrogens (tertiary/aromatic N) is 2. The highest BCUT2D eigenvalue weighted by atomic mass is 16.6. The summed E-state index contributed by atoms with van der Waals surface area (Å²) in [6, 6.07) is 33.9. The van der Waals surface area contributed by atoms with Gasteiger partial charge in [-0.1, -0.05) is 135 Å². The van der Waals surface area contributed by atoms with E-state index in [0.29, 0.717) is 29.5 Å². The molecule has 0 aliphatic heterocycles. The van der Waals surface area contributed by atoms with Crippen molar-refractivity contribution in [3.05, 3.63) is 144 Å². The van der Waals surface area contributed by atoms with Crippen molar-refractivity contribution in [2.24, 2.45) is 0 Å². The van der Waals surface area contributed by atoms with Gasteiger partial charge in [0.25, 0.3) is 0 Å². The van der Waals surface area contributed by atoms with E-state index in [-0.39, 0.29) is 32.8 Å². The number of benzene rings is 4. The maximum Gasteiger partial charge on any atom is 0.429 e. The monoisotopic (exact) mass is 712 g/mol. The van der Waals surface area contributed by atoms with Crippen LogP contribution in [0.2, 0.25) is 0 Å². The lowest BCUT2D eigenvalue weighted by Gasteiger charge is -2.36. The minimum atomic E-state index is -1.16. The molecular formula is C39H44N4O9. The van der Waals surface area contributed by atoms with Gasteiger partial charge in [0.2, 0.25) is 0 Å². The molecule has 0 aliphatic rings. The SMILES string of the molecule is CCC[C@H](C[C@@H](CO)N(NC(=O)OCc1ccccc1)C(=O)OCc1ccccc1)N(NC(=O)OCc1ccccc1)C(=O)OCc1ccccc1. The van der Waals surface area contributed by atoms with Gasteiger partial charge >= 0.3 is 24.4 Å². The minimum Gasteiger partial charge on any atom is -0.443 e. The lowest BCUT2D eigenvalue weighted by molar-refractivity contribution is 0.00893. The van der Waals surface area contributed by atoms with Crippen LogP contribution in [-0.2, 0) is 45.4 Å². The van der Waals surface area contributed by atoms with Gasteiger partial charge in [-0.3, -0.25) is 0 Å². The molecule has 3 N–H and O–H groups in total. The summed E-state index contributed by atoms with van der Waals surface area (Å²) in [5.74, 6) is 0. The second kappa shape index (κ2) is 21.2. The molecule has 0 spiro atoms. The minimum absolute atomic E-state index is 0.0622. The Hall–Kier alpha value is -6.08. The molecule has 52 heavy (non-hydrogen) atoms. The van der Waals surface area contributed by atoms with Gasteiger partial charge in [-0.25, -0.2) is 40.0 Å². The first-order valence-electron chi connectivity index (χ1n) is 16.9. The van der Waals surface area contributed by atoms with E-state index in [4.69, 9.17) is 18.9 Å². The maximum atomic E-state index is 13.6. The Morgan fingerprint density at radius 2 is 0.865 bits per heavy atom. The Labute approximate surface area is 303 Å². The van der Waals surface area contributed by atoms with Crippen LogP contribution in [0.5, 0.6) is 0 Å². The first-order chi connectivity index (χ1) is 25.4. The first-order valence-corrected chi connectivity index (χ1v) is 16.9. The number of nitrogens with one attached hydrogen (secondary N) is 2.